The molecule has 0 saturated carbocycles. The first-order valence-corrected chi connectivity index (χ1v) is 6.69. The number of halogens is 1. The van der Waals surface area contributed by atoms with Gasteiger partial charge in [-0.3, -0.25) is 4.79 Å². The summed E-state index contributed by atoms with van der Waals surface area (Å²) in [5.74, 6) is 1.06. The van der Waals surface area contributed by atoms with Crippen molar-refractivity contribution in [3.8, 4) is 0 Å². The Morgan fingerprint density at radius 3 is 2.76 bits per heavy atom. The smallest absolute Gasteiger partial charge is 0.265 e. The van der Waals surface area contributed by atoms with Gasteiger partial charge in [-0.25, -0.2) is 4.98 Å². The standard InChI is InChI=1S/C12H19BrN2O2/c1-4-5-17-7-10-14-9(6-8(2)3)11(13)12(16)15-10/h8H,4-7H2,1-3H3,(H,14,15,16). The van der Waals surface area contributed by atoms with Crippen LogP contribution in [0.1, 0.15) is 38.7 Å². The molecule has 1 N–H and O–H groups in total. The molecule has 0 aliphatic carbocycles. The summed E-state index contributed by atoms with van der Waals surface area (Å²) in [6.07, 6.45) is 1.74. The molecule has 1 aromatic heterocycles. The summed E-state index contributed by atoms with van der Waals surface area (Å²) in [5.41, 5.74) is 0.671. The van der Waals surface area contributed by atoms with Crippen LogP contribution in [-0.2, 0) is 17.8 Å². The number of hydrogen-bond donors (Lipinski definition) is 1. The van der Waals surface area contributed by atoms with E-state index in [2.05, 4.69) is 39.7 Å². The average molecular weight is 303 g/mol. The van der Waals surface area contributed by atoms with Gasteiger partial charge in [0.2, 0.25) is 0 Å². The number of ether oxygens (including phenoxy) is 1. The normalized spacial score (nSPS) is 11.1. The van der Waals surface area contributed by atoms with Crippen LogP contribution in [0.5, 0.6) is 0 Å². The first-order valence-electron chi connectivity index (χ1n) is 5.89. The van der Waals surface area contributed by atoms with E-state index in [1.54, 1.807) is 0 Å². The van der Waals surface area contributed by atoms with Gasteiger partial charge in [-0.1, -0.05) is 20.8 Å². The van der Waals surface area contributed by atoms with Crippen molar-refractivity contribution in [2.75, 3.05) is 6.61 Å². The highest BCUT2D eigenvalue weighted by Gasteiger charge is 2.10. The van der Waals surface area contributed by atoms with Gasteiger partial charge in [-0.05, 0) is 34.7 Å². The predicted octanol–water partition coefficient (Wildman–Crippen LogP) is 2.66. The molecule has 0 aliphatic heterocycles. The summed E-state index contributed by atoms with van der Waals surface area (Å²) in [7, 11) is 0. The fourth-order valence-electron chi connectivity index (χ4n) is 1.46. The molecule has 0 bridgehead atoms. The quantitative estimate of drug-likeness (QED) is 0.822. The zero-order chi connectivity index (χ0) is 12.8. The summed E-state index contributed by atoms with van der Waals surface area (Å²) in [5, 5.41) is 0. The first-order chi connectivity index (χ1) is 8.04. The van der Waals surface area contributed by atoms with Crippen LogP contribution in [0.4, 0.5) is 0 Å². The lowest BCUT2D eigenvalue weighted by atomic mass is 10.1. The van der Waals surface area contributed by atoms with E-state index in [-0.39, 0.29) is 5.56 Å². The van der Waals surface area contributed by atoms with E-state index in [0.717, 1.165) is 18.5 Å². The zero-order valence-corrected chi connectivity index (χ0v) is 12.1. The van der Waals surface area contributed by atoms with Gasteiger partial charge in [-0.2, -0.15) is 0 Å². The maximum absolute atomic E-state index is 11.7. The van der Waals surface area contributed by atoms with E-state index in [1.165, 1.54) is 0 Å². The summed E-state index contributed by atoms with van der Waals surface area (Å²) in [4.78, 5) is 18.8. The van der Waals surface area contributed by atoms with E-state index in [9.17, 15) is 4.79 Å². The van der Waals surface area contributed by atoms with Crippen LogP contribution < -0.4 is 5.56 Å². The minimum atomic E-state index is -0.134. The number of rotatable bonds is 6. The number of H-pyrrole nitrogens is 1. The van der Waals surface area contributed by atoms with Crippen molar-refractivity contribution < 1.29 is 4.74 Å². The summed E-state index contributed by atoms with van der Waals surface area (Å²) < 4.78 is 5.91. The van der Waals surface area contributed by atoms with Crippen LogP contribution in [0.3, 0.4) is 0 Å². The van der Waals surface area contributed by atoms with Crippen molar-refractivity contribution in [1.82, 2.24) is 9.97 Å². The third-order valence-corrected chi connectivity index (χ3v) is 2.99. The number of nitrogens with one attached hydrogen (secondary N) is 1. The first kappa shape index (κ1) is 14.4. The maximum Gasteiger partial charge on any atom is 0.265 e. The summed E-state index contributed by atoms with van der Waals surface area (Å²) in [6.45, 7) is 7.29. The molecule has 96 valence electrons. The van der Waals surface area contributed by atoms with Crippen molar-refractivity contribution in [1.29, 1.82) is 0 Å². The molecule has 0 aromatic carbocycles. The monoisotopic (exact) mass is 302 g/mol. The molecule has 17 heavy (non-hydrogen) atoms. The predicted molar refractivity (Wildman–Crippen MR) is 71.0 cm³/mol. The van der Waals surface area contributed by atoms with Crippen LogP contribution in [-0.4, -0.2) is 16.6 Å². The Morgan fingerprint density at radius 2 is 2.18 bits per heavy atom. The molecule has 1 aromatic rings. The molecule has 0 aliphatic rings. The second-order valence-electron chi connectivity index (χ2n) is 4.42. The average Bonchev–Trinajstić information content (AvgIpc) is 2.25. The van der Waals surface area contributed by atoms with E-state index in [0.29, 0.717) is 29.4 Å². The van der Waals surface area contributed by atoms with Crippen molar-refractivity contribution in [3.05, 3.63) is 26.3 Å². The lowest BCUT2D eigenvalue weighted by Crippen LogP contribution is -2.17. The van der Waals surface area contributed by atoms with Crippen LogP contribution in [0.25, 0.3) is 0 Å². The van der Waals surface area contributed by atoms with Gasteiger partial charge in [0.1, 0.15) is 16.9 Å². The number of aromatic nitrogens is 2. The maximum atomic E-state index is 11.7. The molecular weight excluding hydrogens is 284 g/mol. The number of hydrogen-bond acceptors (Lipinski definition) is 3. The molecule has 1 rings (SSSR count). The van der Waals surface area contributed by atoms with Crippen LogP contribution in [0, 0.1) is 5.92 Å². The molecule has 5 heteroatoms. The molecular formula is C12H19BrN2O2. The van der Waals surface area contributed by atoms with E-state index >= 15 is 0 Å². The Bertz CT molecular complexity index is 415. The molecule has 1 heterocycles. The molecule has 0 spiro atoms. The number of nitrogens with zero attached hydrogens (tertiary/aromatic N) is 1. The van der Waals surface area contributed by atoms with Crippen molar-refractivity contribution in [2.24, 2.45) is 5.92 Å². The minimum absolute atomic E-state index is 0.134. The van der Waals surface area contributed by atoms with Gasteiger partial charge in [0, 0.05) is 6.61 Å². The Balaban J connectivity index is 2.86. The van der Waals surface area contributed by atoms with Gasteiger partial charge >= 0.3 is 0 Å². The number of aromatic amines is 1. The lowest BCUT2D eigenvalue weighted by molar-refractivity contribution is 0.115. The van der Waals surface area contributed by atoms with Gasteiger partial charge in [0.25, 0.3) is 5.56 Å². The lowest BCUT2D eigenvalue weighted by Gasteiger charge is -2.08. The largest absolute Gasteiger partial charge is 0.374 e. The van der Waals surface area contributed by atoms with Crippen LogP contribution in [0.2, 0.25) is 0 Å². The second kappa shape index (κ2) is 6.91. The Kier molecular flexibility index (Phi) is 5.85. The second-order valence-corrected chi connectivity index (χ2v) is 5.22. The Hall–Kier alpha value is -0.680. The van der Waals surface area contributed by atoms with Gasteiger partial charge in [-0.15, -0.1) is 0 Å². The zero-order valence-electron chi connectivity index (χ0n) is 10.5. The van der Waals surface area contributed by atoms with Gasteiger partial charge in [0.05, 0.1) is 5.69 Å². The Labute approximate surface area is 110 Å². The summed E-state index contributed by atoms with van der Waals surface area (Å²) in [6, 6.07) is 0. The van der Waals surface area contributed by atoms with Crippen LogP contribution in [0.15, 0.2) is 9.27 Å². The summed E-state index contributed by atoms with van der Waals surface area (Å²) >= 11 is 3.28. The molecule has 4 nitrogen and oxygen atoms in total. The minimum Gasteiger partial charge on any atom is -0.374 e. The molecule has 0 radical (unpaired) electrons. The fourth-order valence-corrected chi connectivity index (χ4v) is 1.81. The SMILES string of the molecule is CCCOCc1nc(CC(C)C)c(Br)c(=O)[nH]1. The van der Waals surface area contributed by atoms with Crippen molar-refractivity contribution >= 4 is 15.9 Å². The topological polar surface area (TPSA) is 55.0 Å². The third kappa shape index (κ3) is 4.60. The van der Waals surface area contributed by atoms with E-state index in [1.807, 2.05) is 6.92 Å². The van der Waals surface area contributed by atoms with E-state index < -0.39 is 0 Å². The molecule has 0 atom stereocenters. The van der Waals surface area contributed by atoms with Gasteiger partial charge in [0.15, 0.2) is 0 Å². The fraction of sp³-hybridized carbons (Fsp3) is 0.667. The molecule has 0 amide bonds. The van der Waals surface area contributed by atoms with Crippen molar-refractivity contribution in [3.63, 3.8) is 0 Å². The highest BCUT2D eigenvalue weighted by molar-refractivity contribution is 9.10. The molecule has 0 saturated heterocycles. The van der Waals surface area contributed by atoms with Crippen LogP contribution >= 0.6 is 15.9 Å². The van der Waals surface area contributed by atoms with Gasteiger partial charge < -0.3 is 9.72 Å². The molecule has 0 unspecified atom stereocenters. The van der Waals surface area contributed by atoms with Crippen molar-refractivity contribution in [2.45, 2.75) is 40.2 Å². The highest BCUT2D eigenvalue weighted by atomic mass is 79.9. The Morgan fingerprint density at radius 1 is 1.47 bits per heavy atom. The van der Waals surface area contributed by atoms with E-state index in [4.69, 9.17) is 4.74 Å². The highest BCUT2D eigenvalue weighted by Crippen LogP contribution is 2.13. The third-order valence-electron chi connectivity index (χ3n) is 2.17. The molecule has 0 fully saturated rings.